The molecule has 0 saturated heterocycles. The van der Waals surface area contributed by atoms with Crippen LogP contribution in [0.3, 0.4) is 0 Å². The second kappa shape index (κ2) is 6.36. The number of anilines is 1. The Morgan fingerprint density at radius 3 is 2.74 bits per heavy atom. The van der Waals surface area contributed by atoms with E-state index in [0.29, 0.717) is 12.3 Å². The Morgan fingerprint density at radius 2 is 2.05 bits per heavy atom. The zero-order valence-corrected chi connectivity index (χ0v) is 10.6. The van der Waals surface area contributed by atoms with Gasteiger partial charge in [0.05, 0.1) is 12.2 Å². The molecule has 0 aliphatic heterocycles. The van der Waals surface area contributed by atoms with Gasteiger partial charge in [0, 0.05) is 11.9 Å². The van der Waals surface area contributed by atoms with Crippen LogP contribution in [0.4, 0.5) is 5.69 Å². The molecule has 0 radical (unpaired) electrons. The molecule has 0 aliphatic rings. The van der Waals surface area contributed by atoms with Gasteiger partial charge in [-0.2, -0.15) is 5.26 Å². The van der Waals surface area contributed by atoms with Gasteiger partial charge in [-0.15, -0.1) is 0 Å². The lowest BCUT2D eigenvalue weighted by Gasteiger charge is -2.07. The Hall–Kier alpha value is -2.61. The van der Waals surface area contributed by atoms with Crippen molar-refractivity contribution in [3.05, 3.63) is 48.0 Å². The van der Waals surface area contributed by atoms with Crippen LogP contribution in [-0.2, 0) is 6.54 Å². The summed E-state index contributed by atoms with van der Waals surface area (Å²) in [5.74, 6) is 1.45. The van der Waals surface area contributed by atoms with Crippen LogP contribution in [0.1, 0.15) is 11.5 Å². The van der Waals surface area contributed by atoms with Gasteiger partial charge >= 0.3 is 0 Å². The number of nitriles is 1. The van der Waals surface area contributed by atoms with E-state index in [9.17, 15) is 0 Å². The Labute approximate surface area is 111 Å². The molecule has 2 aromatic rings. The average Bonchev–Trinajstić information content (AvgIpc) is 2.44. The van der Waals surface area contributed by atoms with E-state index >= 15 is 0 Å². The van der Waals surface area contributed by atoms with E-state index in [1.165, 1.54) is 0 Å². The number of aryl methyl sites for hydroxylation is 1. The maximum atomic E-state index is 8.42. The first-order valence-corrected chi connectivity index (χ1v) is 5.90. The third kappa shape index (κ3) is 3.96. The summed E-state index contributed by atoms with van der Waals surface area (Å²) in [6, 6.07) is 11.3. The van der Waals surface area contributed by atoms with Gasteiger partial charge < -0.3 is 10.1 Å². The molecule has 0 fully saturated rings. The lowest BCUT2D eigenvalue weighted by molar-refractivity contribution is 0.368. The number of aromatic nitrogens is 2. The molecule has 1 aromatic heterocycles. The largest absolute Gasteiger partial charge is 0.479 e. The van der Waals surface area contributed by atoms with Gasteiger partial charge in [0.15, 0.2) is 6.61 Å². The minimum atomic E-state index is 0.0625. The normalized spacial score (nSPS) is 9.68. The fourth-order valence-corrected chi connectivity index (χ4v) is 1.58. The molecule has 1 heterocycles. The first kappa shape index (κ1) is 12.8. The summed E-state index contributed by atoms with van der Waals surface area (Å²) in [5, 5.41) is 11.7. The van der Waals surface area contributed by atoms with Crippen LogP contribution in [0.2, 0.25) is 0 Å². The Balaban J connectivity index is 1.91. The second-order valence-corrected chi connectivity index (χ2v) is 3.92. The van der Waals surface area contributed by atoms with Crippen molar-refractivity contribution in [2.75, 3.05) is 11.9 Å². The number of hydrogen-bond acceptors (Lipinski definition) is 5. The Morgan fingerprint density at radius 1 is 1.26 bits per heavy atom. The van der Waals surface area contributed by atoms with Gasteiger partial charge in [0.2, 0.25) is 0 Å². The second-order valence-electron chi connectivity index (χ2n) is 3.92. The minimum Gasteiger partial charge on any atom is -0.479 e. The van der Waals surface area contributed by atoms with Crippen LogP contribution in [-0.4, -0.2) is 16.6 Å². The molecule has 1 N–H and O–H groups in total. The SMILES string of the molecule is Cc1nccc(CNc2ccc(OCC#N)cc2)n1. The molecule has 0 aliphatic carbocycles. The highest BCUT2D eigenvalue weighted by atomic mass is 16.5. The maximum Gasteiger partial charge on any atom is 0.174 e. The minimum absolute atomic E-state index is 0.0625. The van der Waals surface area contributed by atoms with Crippen molar-refractivity contribution < 1.29 is 4.74 Å². The van der Waals surface area contributed by atoms with Gasteiger partial charge in [-0.3, -0.25) is 0 Å². The highest BCUT2D eigenvalue weighted by molar-refractivity contribution is 5.46. The van der Waals surface area contributed by atoms with Crippen molar-refractivity contribution in [1.29, 1.82) is 5.26 Å². The van der Waals surface area contributed by atoms with E-state index in [2.05, 4.69) is 15.3 Å². The summed E-state index contributed by atoms with van der Waals surface area (Å²) in [4.78, 5) is 8.37. The number of nitrogens with zero attached hydrogens (tertiary/aromatic N) is 3. The summed E-state index contributed by atoms with van der Waals surface area (Å²) in [6.07, 6.45) is 1.75. The fraction of sp³-hybridized carbons (Fsp3) is 0.214. The van der Waals surface area contributed by atoms with Crippen LogP contribution < -0.4 is 10.1 Å². The van der Waals surface area contributed by atoms with Gasteiger partial charge in [-0.1, -0.05) is 0 Å². The summed E-state index contributed by atoms with van der Waals surface area (Å²) in [7, 11) is 0. The lowest BCUT2D eigenvalue weighted by Crippen LogP contribution is -2.03. The molecule has 5 nitrogen and oxygen atoms in total. The van der Waals surface area contributed by atoms with Gasteiger partial charge in [-0.25, -0.2) is 9.97 Å². The van der Waals surface area contributed by atoms with E-state index in [-0.39, 0.29) is 6.61 Å². The molecule has 0 amide bonds. The van der Waals surface area contributed by atoms with Crippen molar-refractivity contribution in [3.63, 3.8) is 0 Å². The monoisotopic (exact) mass is 254 g/mol. The summed E-state index contributed by atoms with van der Waals surface area (Å²) in [5.41, 5.74) is 1.91. The maximum absolute atomic E-state index is 8.42. The van der Waals surface area contributed by atoms with Crippen LogP contribution in [0, 0.1) is 18.3 Å². The third-order valence-corrected chi connectivity index (χ3v) is 2.47. The Bertz CT molecular complexity index is 575. The molecule has 1 aromatic carbocycles. The van der Waals surface area contributed by atoms with Crippen LogP contribution in [0.5, 0.6) is 5.75 Å². The van der Waals surface area contributed by atoms with E-state index in [4.69, 9.17) is 10.00 Å². The standard InChI is InChI=1S/C14H14N4O/c1-11-16-8-6-13(18-11)10-17-12-2-4-14(5-3-12)19-9-7-15/h2-6,8,17H,9-10H2,1H3. The highest BCUT2D eigenvalue weighted by Crippen LogP contribution is 2.16. The summed E-state index contributed by atoms with van der Waals surface area (Å²) >= 11 is 0. The third-order valence-electron chi connectivity index (χ3n) is 2.47. The molecular weight excluding hydrogens is 240 g/mol. The van der Waals surface area contributed by atoms with Crippen molar-refractivity contribution in [2.45, 2.75) is 13.5 Å². The lowest BCUT2D eigenvalue weighted by atomic mass is 10.3. The topological polar surface area (TPSA) is 70.8 Å². The fourth-order valence-electron chi connectivity index (χ4n) is 1.58. The molecule has 96 valence electrons. The molecule has 5 heteroatoms. The van der Waals surface area contributed by atoms with Crippen LogP contribution >= 0.6 is 0 Å². The first-order chi connectivity index (χ1) is 9.28. The molecule has 0 saturated carbocycles. The van der Waals surface area contributed by atoms with E-state index in [1.54, 1.807) is 6.20 Å². The quantitative estimate of drug-likeness (QED) is 0.886. The molecule has 0 atom stereocenters. The zero-order chi connectivity index (χ0) is 13.5. The molecule has 2 rings (SSSR count). The van der Waals surface area contributed by atoms with Crippen molar-refractivity contribution in [2.24, 2.45) is 0 Å². The van der Waals surface area contributed by atoms with E-state index in [1.807, 2.05) is 43.3 Å². The Kier molecular flexibility index (Phi) is 4.29. The van der Waals surface area contributed by atoms with Gasteiger partial charge in [-0.05, 0) is 37.3 Å². The van der Waals surface area contributed by atoms with Gasteiger partial charge in [0.25, 0.3) is 0 Å². The van der Waals surface area contributed by atoms with Gasteiger partial charge in [0.1, 0.15) is 17.6 Å². The molecule has 0 bridgehead atoms. The number of hydrogen-bond donors (Lipinski definition) is 1. The summed E-state index contributed by atoms with van der Waals surface area (Å²) in [6.45, 7) is 2.57. The average molecular weight is 254 g/mol. The first-order valence-electron chi connectivity index (χ1n) is 5.90. The molecular formula is C14H14N4O. The summed E-state index contributed by atoms with van der Waals surface area (Å²) < 4.78 is 5.18. The number of ether oxygens (including phenoxy) is 1. The van der Waals surface area contributed by atoms with Crippen molar-refractivity contribution in [3.8, 4) is 11.8 Å². The zero-order valence-electron chi connectivity index (χ0n) is 10.6. The molecule has 19 heavy (non-hydrogen) atoms. The predicted molar refractivity (Wildman–Crippen MR) is 71.6 cm³/mol. The molecule has 0 spiro atoms. The number of benzene rings is 1. The number of nitrogens with one attached hydrogen (secondary N) is 1. The van der Waals surface area contributed by atoms with Crippen LogP contribution in [0.25, 0.3) is 0 Å². The molecule has 0 unspecified atom stereocenters. The van der Waals surface area contributed by atoms with Crippen molar-refractivity contribution in [1.82, 2.24) is 9.97 Å². The van der Waals surface area contributed by atoms with Crippen molar-refractivity contribution >= 4 is 5.69 Å². The van der Waals surface area contributed by atoms with E-state index in [0.717, 1.165) is 17.2 Å². The van der Waals surface area contributed by atoms with E-state index < -0.39 is 0 Å². The predicted octanol–water partition coefficient (Wildman–Crippen LogP) is 2.30. The number of rotatable bonds is 5. The van der Waals surface area contributed by atoms with Crippen LogP contribution in [0.15, 0.2) is 36.5 Å². The highest BCUT2D eigenvalue weighted by Gasteiger charge is 1.98. The smallest absolute Gasteiger partial charge is 0.174 e.